The lowest BCUT2D eigenvalue weighted by molar-refractivity contribution is -0.275. The molecule has 0 spiro atoms. The summed E-state index contributed by atoms with van der Waals surface area (Å²) < 4.78 is 75.4. The Kier molecular flexibility index (Phi) is 5.28. The number of aromatic nitrogens is 1. The summed E-state index contributed by atoms with van der Waals surface area (Å²) in [5.41, 5.74) is -1.67. The van der Waals surface area contributed by atoms with E-state index in [4.69, 9.17) is 0 Å². The number of pyridine rings is 1. The largest absolute Gasteiger partial charge is 0.573 e. The van der Waals surface area contributed by atoms with Gasteiger partial charge in [0.15, 0.2) is 0 Å². The van der Waals surface area contributed by atoms with Gasteiger partial charge in [0.05, 0.1) is 20.6 Å². The molecule has 0 aliphatic rings. The van der Waals surface area contributed by atoms with E-state index in [1.54, 1.807) is 0 Å². The normalized spacial score (nSPS) is 11.4. The SMILES string of the molecule is COC(=O)Cc1cnc(OC)c(C(F)F)c1OC(F)(F)F. The lowest BCUT2D eigenvalue weighted by atomic mass is 10.1. The van der Waals surface area contributed by atoms with E-state index < -0.39 is 47.9 Å². The second-order valence-electron chi connectivity index (χ2n) is 3.64. The van der Waals surface area contributed by atoms with Gasteiger partial charge in [-0.05, 0) is 0 Å². The summed E-state index contributed by atoms with van der Waals surface area (Å²) in [5.74, 6) is -2.87. The summed E-state index contributed by atoms with van der Waals surface area (Å²) in [7, 11) is 1.96. The second kappa shape index (κ2) is 6.55. The Morgan fingerprint density at radius 2 is 1.95 bits per heavy atom. The fourth-order valence-electron chi connectivity index (χ4n) is 1.48. The number of alkyl halides is 5. The highest BCUT2D eigenvalue weighted by atomic mass is 19.4. The third-order valence-corrected chi connectivity index (χ3v) is 2.30. The topological polar surface area (TPSA) is 57.7 Å². The molecule has 0 N–H and O–H groups in total. The molecule has 0 aliphatic carbocycles. The Morgan fingerprint density at radius 3 is 2.38 bits per heavy atom. The molecular formula is C11H10F5NO4. The summed E-state index contributed by atoms with van der Waals surface area (Å²) in [6.45, 7) is 0. The zero-order chi connectivity index (χ0) is 16.2. The maximum atomic E-state index is 13.0. The monoisotopic (exact) mass is 315 g/mol. The summed E-state index contributed by atoms with van der Waals surface area (Å²) in [6.07, 6.45) is -8.50. The minimum Gasteiger partial charge on any atom is -0.481 e. The molecule has 0 radical (unpaired) electrons. The van der Waals surface area contributed by atoms with Crippen molar-refractivity contribution in [1.29, 1.82) is 0 Å². The van der Waals surface area contributed by atoms with E-state index in [0.29, 0.717) is 0 Å². The van der Waals surface area contributed by atoms with Crippen LogP contribution in [-0.2, 0) is 16.0 Å². The number of nitrogens with zero attached hydrogens (tertiary/aromatic N) is 1. The van der Waals surface area contributed by atoms with Crippen molar-refractivity contribution in [3.63, 3.8) is 0 Å². The number of rotatable bonds is 5. The Hall–Kier alpha value is -2.13. The number of methoxy groups -OCH3 is 2. The number of halogens is 5. The van der Waals surface area contributed by atoms with Crippen molar-refractivity contribution in [2.45, 2.75) is 19.2 Å². The molecule has 1 rings (SSSR count). The molecule has 10 heteroatoms. The molecule has 1 aromatic heterocycles. The van der Waals surface area contributed by atoms with Crippen LogP contribution in [-0.4, -0.2) is 31.5 Å². The van der Waals surface area contributed by atoms with Crippen LogP contribution in [0.3, 0.4) is 0 Å². The van der Waals surface area contributed by atoms with Gasteiger partial charge in [-0.25, -0.2) is 13.8 Å². The quantitative estimate of drug-likeness (QED) is 0.617. The molecule has 0 bridgehead atoms. The van der Waals surface area contributed by atoms with Crippen molar-refractivity contribution in [2.75, 3.05) is 14.2 Å². The van der Waals surface area contributed by atoms with Crippen LogP contribution < -0.4 is 9.47 Å². The summed E-state index contributed by atoms with van der Waals surface area (Å²) >= 11 is 0. The first-order valence-electron chi connectivity index (χ1n) is 5.36. The van der Waals surface area contributed by atoms with E-state index in [-0.39, 0.29) is 0 Å². The zero-order valence-corrected chi connectivity index (χ0v) is 10.8. The molecule has 118 valence electrons. The van der Waals surface area contributed by atoms with Crippen LogP contribution in [0.2, 0.25) is 0 Å². The highest BCUT2D eigenvalue weighted by Gasteiger charge is 2.36. The van der Waals surface area contributed by atoms with Gasteiger partial charge in [-0.15, -0.1) is 13.2 Å². The number of carbonyl (C=O) groups is 1. The molecule has 0 atom stereocenters. The van der Waals surface area contributed by atoms with Crippen molar-refractivity contribution in [2.24, 2.45) is 0 Å². The molecule has 0 unspecified atom stereocenters. The highest BCUT2D eigenvalue weighted by Crippen LogP contribution is 2.40. The first-order valence-corrected chi connectivity index (χ1v) is 5.36. The molecule has 1 heterocycles. The molecule has 0 aromatic carbocycles. The fourth-order valence-corrected chi connectivity index (χ4v) is 1.48. The number of esters is 1. The third-order valence-electron chi connectivity index (χ3n) is 2.30. The maximum absolute atomic E-state index is 13.0. The number of hydrogen-bond donors (Lipinski definition) is 0. The molecule has 1 aromatic rings. The van der Waals surface area contributed by atoms with Crippen molar-refractivity contribution in [3.05, 3.63) is 17.3 Å². The molecule has 0 saturated carbocycles. The average molecular weight is 315 g/mol. The predicted octanol–water partition coefficient (Wildman–Crippen LogP) is 2.64. The van der Waals surface area contributed by atoms with Gasteiger partial charge in [-0.2, -0.15) is 0 Å². The molecule has 0 amide bonds. The molecule has 0 fully saturated rings. The van der Waals surface area contributed by atoms with Crippen molar-refractivity contribution >= 4 is 5.97 Å². The predicted molar refractivity (Wildman–Crippen MR) is 58.1 cm³/mol. The smallest absolute Gasteiger partial charge is 0.481 e. The van der Waals surface area contributed by atoms with Crippen LogP contribution in [0, 0.1) is 0 Å². The lowest BCUT2D eigenvalue weighted by Crippen LogP contribution is -2.21. The summed E-state index contributed by atoms with van der Waals surface area (Å²) in [4.78, 5) is 14.6. The molecule has 21 heavy (non-hydrogen) atoms. The van der Waals surface area contributed by atoms with E-state index in [9.17, 15) is 26.7 Å². The number of carbonyl (C=O) groups excluding carboxylic acids is 1. The first kappa shape index (κ1) is 16.9. The van der Waals surface area contributed by atoms with Crippen LogP contribution in [0.1, 0.15) is 17.6 Å². The molecule has 5 nitrogen and oxygen atoms in total. The van der Waals surface area contributed by atoms with Crippen molar-refractivity contribution in [1.82, 2.24) is 4.98 Å². The Labute approximate surface area is 115 Å². The Bertz CT molecular complexity index is 518. The van der Waals surface area contributed by atoms with Gasteiger partial charge in [0.25, 0.3) is 6.43 Å². The van der Waals surface area contributed by atoms with Gasteiger partial charge in [0.2, 0.25) is 5.88 Å². The summed E-state index contributed by atoms with van der Waals surface area (Å²) in [6, 6.07) is 0. The van der Waals surface area contributed by atoms with Gasteiger partial charge in [0, 0.05) is 11.8 Å². The fraction of sp³-hybridized carbons (Fsp3) is 0.455. The molecular weight excluding hydrogens is 305 g/mol. The van der Waals surface area contributed by atoms with Crippen LogP contribution in [0.25, 0.3) is 0 Å². The summed E-state index contributed by atoms with van der Waals surface area (Å²) in [5, 5.41) is 0. The highest BCUT2D eigenvalue weighted by molar-refractivity contribution is 5.73. The van der Waals surface area contributed by atoms with Crippen LogP contribution in [0.15, 0.2) is 6.20 Å². The Morgan fingerprint density at radius 1 is 1.33 bits per heavy atom. The van der Waals surface area contributed by atoms with Crippen molar-refractivity contribution < 1.29 is 41.0 Å². The molecule has 0 aliphatic heterocycles. The van der Waals surface area contributed by atoms with E-state index in [0.717, 1.165) is 20.4 Å². The third kappa shape index (κ3) is 4.43. The van der Waals surface area contributed by atoms with E-state index in [1.807, 2.05) is 0 Å². The van der Waals surface area contributed by atoms with Gasteiger partial charge < -0.3 is 14.2 Å². The average Bonchev–Trinajstić information content (AvgIpc) is 2.37. The number of hydrogen-bond acceptors (Lipinski definition) is 5. The molecule has 0 saturated heterocycles. The lowest BCUT2D eigenvalue weighted by Gasteiger charge is -2.18. The van der Waals surface area contributed by atoms with Crippen LogP contribution in [0.5, 0.6) is 11.6 Å². The standard InChI is InChI=1S/C11H10F5NO4/c1-19-6(18)3-5-4-17-10(20-2)7(9(12)13)8(5)21-11(14,15)16/h4,9H,3H2,1-2H3. The van der Waals surface area contributed by atoms with E-state index >= 15 is 0 Å². The van der Waals surface area contributed by atoms with Gasteiger partial charge in [0.1, 0.15) is 11.3 Å². The van der Waals surface area contributed by atoms with Crippen LogP contribution in [0.4, 0.5) is 22.0 Å². The van der Waals surface area contributed by atoms with E-state index in [1.165, 1.54) is 0 Å². The number of ether oxygens (including phenoxy) is 3. The van der Waals surface area contributed by atoms with E-state index in [2.05, 4.69) is 19.2 Å². The van der Waals surface area contributed by atoms with Gasteiger partial charge in [-0.3, -0.25) is 4.79 Å². The van der Waals surface area contributed by atoms with Crippen molar-refractivity contribution in [3.8, 4) is 11.6 Å². The second-order valence-corrected chi connectivity index (χ2v) is 3.64. The van der Waals surface area contributed by atoms with Crippen LogP contribution >= 0.6 is 0 Å². The minimum absolute atomic E-state index is 0.490. The zero-order valence-electron chi connectivity index (χ0n) is 10.8. The van der Waals surface area contributed by atoms with Gasteiger partial charge in [-0.1, -0.05) is 0 Å². The Balaban J connectivity index is 3.42. The first-order chi connectivity index (χ1) is 9.69. The van der Waals surface area contributed by atoms with Gasteiger partial charge >= 0.3 is 12.3 Å². The minimum atomic E-state index is -5.22. The maximum Gasteiger partial charge on any atom is 0.573 e.